The molecule has 0 bridgehead atoms. The second-order valence-electron chi connectivity index (χ2n) is 24.9. The predicted molar refractivity (Wildman–Crippen MR) is 356 cm³/mol. The van der Waals surface area contributed by atoms with Gasteiger partial charge in [0.05, 0.1) is 27.7 Å². The standard InChI is InChI=1S/C73H134NO8P/c1-6-8-10-12-14-16-18-20-22-24-26-27-28-29-30-31-32-33-34-35-36-37-38-39-40-41-42-43-44-45-46-47-48-50-52-54-56-58-60-62-64-66-73(76)82-71(70-81-83(77,78)80-68-67-74(3,4)5)69-79-72(75)65-63-61-59-57-55-53-51-49-25-23-21-19-17-15-13-11-9-7-2/h8,10,14,16,20,22,26-27,29-30,32-33,71H,6-7,9,11-13,15,17-19,21,23-25,28,31,34-70H2,1-5H3/b10-8-,16-14-,22-20-,27-26-,30-29-,33-32-. The van der Waals surface area contributed by atoms with E-state index in [2.05, 4.69) is 86.8 Å². The van der Waals surface area contributed by atoms with Crippen LogP contribution in [0.1, 0.15) is 328 Å². The molecule has 0 aliphatic rings. The number of phosphoric acid groups is 1. The Morgan fingerprint density at radius 2 is 0.687 bits per heavy atom. The van der Waals surface area contributed by atoms with Crippen LogP contribution in [0.15, 0.2) is 72.9 Å². The van der Waals surface area contributed by atoms with Gasteiger partial charge in [0.2, 0.25) is 0 Å². The third-order valence-corrected chi connectivity index (χ3v) is 16.5. The average molecular weight is 1180 g/mol. The Morgan fingerprint density at radius 3 is 1.02 bits per heavy atom. The minimum Gasteiger partial charge on any atom is -0.756 e. The highest BCUT2D eigenvalue weighted by atomic mass is 31.2. The van der Waals surface area contributed by atoms with Crippen LogP contribution in [0.25, 0.3) is 0 Å². The fraction of sp³-hybridized carbons (Fsp3) is 0.808. The predicted octanol–water partition coefficient (Wildman–Crippen LogP) is 22.1. The molecule has 2 atom stereocenters. The molecule has 0 aromatic heterocycles. The highest BCUT2D eigenvalue weighted by Gasteiger charge is 2.22. The Balaban J connectivity index is 3.91. The summed E-state index contributed by atoms with van der Waals surface area (Å²) in [6, 6.07) is 0. The monoisotopic (exact) mass is 1180 g/mol. The number of allylic oxidation sites excluding steroid dienone is 12. The summed E-state index contributed by atoms with van der Waals surface area (Å²) in [7, 11) is 1.18. The Kier molecular flexibility index (Phi) is 62.0. The Morgan fingerprint density at radius 1 is 0.386 bits per heavy atom. The number of rotatable bonds is 65. The molecule has 0 fully saturated rings. The molecule has 0 aromatic carbocycles. The van der Waals surface area contributed by atoms with Crippen molar-refractivity contribution in [3.8, 4) is 0 Å². The lowest BCUT2D eigenvalue weighted by molar-refractivity contribution is -0.870. The van der Waals surface area contributed by atoms with Crippen LogP contribution < -0.4 is 4.89 Å². The summed E-state index contributed by atoms with van der Waals surface area (Å²) in [4.78, 5) is 38.0. The van der Waals surface area contributed by atoms with Gasteiger partial charge in [0.25, 0.3) is 7.82 Å². The van der Waals surface area contributed by atoms with Crippen LogP contribution in [0.2, 0.25) is 0 Å². The van der Waals surface area contributed by atoms with Crippen LogP contribution in [0.4, 0.5) is 0 Å². The summed E-state index contributed by atoms with van der Waals surface area (Å²) < 4.78 is 34.3. The number of hydrogen-bond donors (Lipinski definition) is 0. The van der Waals surface area contributed by atoms with Crippen LogP contribution >= 0.6 is 7.82 Å². The number of nitrogens with zero attached hydrogens (tertiary/aromatic N) is 1. The highest BCUT2D eigenvalue weighted by molar-refractivity contribution is 7.45. The minimum absolute atomic E-state index is 0.0286. The summed E-state index contributed by atoms with van der Waals surface area (Å²) in [5.41, 5.74) is 0. The van der Waals surface area contributed by atoms with Crippen LogP contribution in [0.5, 0.6) is 0 Å². The molecule has 0 radical (unpaired) electrons. The number of likely N-dealkylation sites (N-methyl/N-ethyl adjacent to an activating group) is 1. The van der Waals surface area contributed by atoms with E-state index in [4.69, 9.17) is 18.5 Å². The van der Waals surface area contributed by atoms with Gasteiger partial charge in [-0.05, 0) is 64.2 Å². The lowest BCUT2D eigenvalue weighted by Gasteiger charge is -2.28. The number of unbranched alkanes of at least 4 members (excludes halogenated alkanes) is 39. The molecule has 0 aliphatic carbocycles. The molecule has 0 aromatic rings. The van der Waals surface area contributed by atoms with E-state index in [0.717, 1.165) is 70.6 Å². The molecular formula is C73H134NO8P. The SMILES string of the molecule is CC/C=C\C/C=C\C/C=C\C/C=C\C/C=C\C/C=C\CCCCCCCCCCCCCCCCCCCCCCCCC(=O)OC(COC(=O)CCCCCCCCCCCCCCCCCCCC)COP(=O)([O-])OCC[N+](C)(C)C. The molecule has 0 amide bonds. The Bertz CT molecular complexity index is 1630. The highest BCUT2D eigenvalue weighted by Crippen LogP contribution is 2.38. The first-order chi connectivity index (χ1) is 40.5. The van der Waals surface area contributed by atoms with Crippen LogP contribution in [-0.2, 0) is 32.7 Å². The van der Waals surface area contributed by atoms with Gasteiger partial charge >= 0.3 is 11.9 Å². The first-order valence-electron chi connectivity index (χ1n) is 35.1. The van der Waals surface area contributed by atoms with Crippen molar-refractivity contribution in [1.29, 1.82) is 0 Å². The molecule has 0 spiro atoms. The molecule has 9 nitrogen and oxygen atoms in total. The topological polar surface area (TPSA) is 111 Å². The second-order valence-corrected chi connectivity index (χ2v) is 26.3. The van der Waals surface area contributed by atoms with Gasteiger partial charge in [-0.25, -0.2) is 0 Å². The fourth-order valence-corrected chi connectivity index (χ4v) is 10.9. The normalized spacial score (nSPS) is 13.6. The quantitative estimate of drug-likeness (QED) is 0.0195. The first-order valence-corrected chi connectivity index (χ1v) is 36.6. The van der Waals surface area contributed by atoms with Gasteiger partial charge in [0.1, 0.15) is 19.8 Å². The molecule has 83 heavy (non-hydrogen) atoms. The van der Waals surface area contributed by atoms with E-state index in [1.807, 2.05) is 21.1 Å². The summed E-state index contributed by atoms with van der Waals surface area (Å²) in [6.45, 7) is 4.18. The number of esters is 2. The van der Waals surface area contributed by atoms with E-state index < -0.39 is 26.5 Å². The molecule has 0 heterocycles. The number of carbonyl (C=O) groups excluding carboxylic acids is 2. The zero-order valence-electron chi connectivity index (χ0n) is 55.1. The minimum atomic E-state index is -4.64. The molecule has 0 N–H and O–H groups in total. The van der Waals surface area contributed by atoms with Crippen molar-refractivity contribution in [1.82, 2.24) is 0 Å². The van der Waals surface area contributed by atoms with Gasteiger partial charge in [0.15, 0.2) is 6.10 Å². The molecule has 10 heteroatoms. The van der Waals surface area contributed by atoms with Crippen LogP contribution in [0, 0.1) is 0 Å². The van der Waals surface area contributed by atoms with Gasteiger partial charge < -0.3 is 27.9 Å². The zero-order valence-corrected chi connectivity index (χ0v) is 56.0. The van der Waals surface area contributed by atoms with Gasteiger partial charge in [-0.2, -0.15) is 0 Å². The summed E-state index contributed by atoms with van der Waals surface area (Å²) in [6.07, 6.45) is 85.7. The third-order valence-electron chi connectivity index (χ3n) is 15.5. The summed E-state index contributed by atoms with van der Waals surface area (Å²) >= 11 is 0. The van der Waals surface area contributed by atoms with E-state index in [1.54, 1.807) is 0 Å². The smallest absolute Gasteiger partial charge is 0.306 e. The van der Waals surface area contributed by atoms with E-state index in [-0.39, 0.29) is 32.0 Å². The van der Waals surface area contributed by atoms with Gasteiger partial charge in [-0.1, -0.05) is 324 Å². The van der Waals surface area contributed by atoms with Crippen LogP contribution in [-0.4, -0.2) is 70.0 Å². The second kappa shape index (κ2) is 63.9. The van der Waals surface area contributed by atoms with Crippen molar-refractivity contribution in [2.45, 2.75) is 335 Å². The molecule has 484 valence electrons. The first kappa shape index (κ1) is 80.5. The van der Waals surface area contributed by atoms with Gasteiger partial charge in [0, 0.05) is 12.8 Å². The number of hydrogen-bond acceptors (Lipinski definition) is 8. The zero-order chi connectivity index (χ0) is 60.5. The maximum atomic E-state index is 12.9. The number of ether oxygens (including phenoxy) is 2. The van der Waals surface area contributed by atoms with Gasteiger partial charge in [-0.15, -0.1) is 0 Å². The molecule has 0 saturated carbocycles. The lowest BCUT2D eigenvalue weighted by atomic mass is 10.0. The number of quaternary nitrogens is 1. The number of carbonyl (C=O) groups is 2. The van der Waals surface area contributed by atoms with Crippen molar-refractivity contribution in [3.05, 3.63) is 72.9 Å². The molecular weight excluding hydrogens is 1050 g/mol. The van der Waals surface area contributed by atoms with Crippen LogP contribution in [0.3, 0.4) is 0 Å². The Labute approximate surface area is 514 Å². The largest absolute Gasteiger partial charge is 0.756 e. The summed E-state index contributed by atoms with van der Waals surface area (Å²) in [5.74, 6) is -0.814. The molecule has 0 saturated heterocycles. The van der Waals surface area contributed by atoms with E-state index in [1.165, 1.54) is 225 Å². The molecule has 2 unspecified atom stereocenters. The average Bonchev–Trinajstić information content (AvgIpc) is 3.48. The maximum absolute atomic E-state index is 12.9. The summed E-state index contributed by atoms with van der Waals surface area (Å²) in [5, 5.41) is 0. The van der Waals surface area contributed by atoms with Crippen molar-refractivity contribution >= 4 is 19.8 Å². The fourth-order valence-electron chi connectivity index (χ4n) is 10.1. The van der Waals surface area contributed by atoms with Gasteiger partial charge in [-0.3, -0.25) is 14.2 Å². The Hall–Kier alpha value is -2.55. The number of phosphoric ester groups is 1. The van der Waals surface area contributed by atoms with Crippen molar-refractivity contribution in [2.75, 3.05) is 47.5 Å². The third kappa shape index (κ3) is 68.4. The lowest BCUT2D eigenvalue weighted by Crippen LogP contribution is -2.37. The van der Waals surface area contributed by atoms with Crippen molar-refractivity contribution < 1.29 is 42.1 Å². The van der Waals surface area contributed by atoms with E-state index in [0.29, 0.717) is 17.4 Å². The molecule has 0 aliphatic heterocycles. The van der Waals surface area contributed by atoms with E-state index >= 15 is 0 Å². The van der Waals surface area contributed by atoms with Crippen molar-refractivity contribution in [2.24, 2.45) is 0 Å². The molecule has 0 rings (SSSR count). The van der Waals surface area contributed by atoms with E-state index in [9.17, 15) is 19.0 Å². The van der Waals surface area contributed by atoms with Crippen molar-refractivity contribution in [3.63, 3.8) is 0 Å². The maximum Gasteiger partial charge on any atom is 0.306 e.